The van der Waals surface area contributed by atoms with Crippen molar-refractivity contribution in [2.24, 2.45) is 11.8 Å². The van der Waals surface area contributed by atoms with Gasteiger partial charge in [0, 0.05) is 11.1 Å². The molecule has 0 spiro atoms. The van der Waals surface area contributed by atoms with Gasteiger partial charge in [0.2, 0.25) is 0 Å². The molecule has 106 valence electrons. The van der Waals surface area contributed by atoms with Crippen LogP contribution in [0.1, 0.15) is 45.1 Å². The van der Waals surface area contributed by atoms with Crippen LogP contribution in [0, 0.1) is 11.8 Å². The molecule has 1 aliphatic rings. The Labute approximate surface area is 122 Å². The molecule has 1 aromatic rings. The first-order chi connectivity index (χ1) is 9.17. The fourth-order valence-corrected chi connectivity index (χ4v) is 2.81. The van der Waals surface area contributed by atoms with Crippen LogP contribution in [-0.2, 0) is 6.42 Å². The van der Waals surface area contributed by atoms with Crippen LogP contribution in [0.4, 0.5) is 0 Å². The Kier molecular flexibility index (Phi) is 5.72. The maximum atomic E-state index is 6.08. The van der Waals surface area contributed by atoms with Gasteiger partial charge in [-0.1, -0.05) is 44.0 Å². The Morgan fingerprint density at radius 2 is 2.16 bits per heavy atom. The predicted octanol–water partition coefficient (Wildman–Crippen LogP) is 4.69. The standard InChI is InChI=1S/C17H26ClN/c1-3-13(2)9-15(12-19-17-7-8-17)10-14-5-4-6-16(18)11-14/h4-6,11,13,15,17,19H,3,7-10,12H2,1-2H3. The zero-order chi connectivity index (χ0) is 13.7. The molecule has 0 amide bonds. The maximum absolute atomic E-state index is 6.08. The Bertz CT molecular complexity index is 387. The molecule has 2 atom stereocenters. The summed E-state index contributed by atoms with van der Waals surface area (Å²) < 4.78 is 0. The Hall–Kier alpha value is -0.530. The number of hydrogen-bond donors (Lipinski definition) is 1. The lowest BCUT2D eigenvalue weighted by atomic mass is 9.89. The summed E-state index contributed by atoms with van der Waals surface area (Å²) >= 11 is 6.08. The average Bonchev–Trinajstić information content (AvgIpc) is 3.20. The number of nitrogens with one attached hydrogen (secondary N) is 1. The van der Waals surface area contributed by atoms with E-state index >= 15 is 0 Å². The number of benzene rings is 1. The van der Waals surface area contributed by atoms with E-state index in [0.717, 1.165) is 35.9 Å². The third kappa shape index (κ3) is 5.54. The first-order valence-corrected chi connectivity index (χ1v) is 8.03. The van der Waals surface area contributed by atoms with E-state index in [1.807, 2.05) is 6.07 Å². The van der Waals surface area contributed by atoms with Gasteiger partial charge in [-0.3, -0.25) is 0 Å². The first kappa shape index (κ1) is 14.9. The predicted molar refractivity (Wildman–Crippen MR) is 83.7 cm³/mol. The third-order valence-corrected chi connectivity index (χ3v) is 4.35. The third-order valence-electron chi connectivity index (χ3n) is 4.12. The molecule has 0 aromatic heterocycles. The van der Waals surface area contributed by atoms with Crippen molar-refractivity contribution in [1.29, 1.82) is 0 Å². The molecule has 1 N–H and O–H groups in total. The lowest BCUT2D eigenvalue weighted by molar-refractivity contribution is 0.362. The normalized spacial score (nSPS) is 18.3. The van der Waals surface area contributed by atoms with Gasteiger partial charge in [-0.25, -0.2) is 0 Å². The van der Waals surface area contributed by atoms with Gasteiger partial charge in [0.1, 0.15) is 0 Å². The van der Waals surface area contributed by atoms with E-state index in [-0.39, 0.29) is 0 Å². The molecular weight excluding hydrogens is 254 g/mol. The minimum Gasteiger partial charge on any atom is -0.314 e. The van der Waals surface area contributed by atoms with Gasteiger partial charge in [0.05, 0.1) is 0 Å². The van der Waals surface area contributed by atoms with E-state index in [2.05, 4.69) is 37.4 Å². The van der Waals surface area contributed by atoms with Gasteiger partial charge >= 0.3 is 0 Å². The van der Waals surface area contributed by atoms with Crippen LogP contribution in [-0.4, -0.2) is 12.6 Å². The van der Waals surface area contributed by atoms with E-state index in [9.17, 15) is 0 Å². The topological polar surface area (TPSA) is 12.0 Å². The van der Waals surface area contributed by atoms with Gasteiger partial charge in [0.25, 0.3) is 0 Å². The largest absolute Gasteiger partial charge is 0.314 e. The molecule has 1 aromatic carbocycles. The second kappa shape index (κ2) is 7.31. The van der Waals surface area contributed by atoms with Gasteiger partial charge in [0.15, 0.2) is 0 Å². The van der Waals surface area contributed by atoms with Crippen LogP contribution in [0.25, 0.3) is 0 Å². The molecule has 1 aliphatic carbocycles. The summed E-state index contributed by atoms with van der Waals surface area (Å²) in [5.41, 5.74) is 1.37. The second-order valence-corrected chi connectivity index (χ2v) is 6.57. The van der Waals surface area contributed by atoms with Crippen molar-refractivity contribution < 1.29 is 0 Å². The highest BCUT2D eigenvalue weighted by atomic mass is 35.5. The summed E-state index contributed by atoms with van der Waals surface area (Å²) in [6.45, 7) is 5.80. The summed E-state index contributed by atoms with van der Waals surface area (Å²) in [6.07, 6.45) is 6.46. The van der Waals surface area contributed by atoms with Crippen LogP contribution in [0.3, 0.4) is 0 Å². The number of halogens is 1. The van der Waals surface area contributed by atoms with Gasteiger partial charge < -0.3 is 5.32 Å². The Morgan fingerprint density at radius 3 is 2.79 bits per heavy atom. The molecular formula is C17H26ClN. The first-order valence-electron chi connectivity index (χ1n) is 7.65. The highest BCUT2D eigenvalue weighted by Crippen LogP contribution is 2.23. The molecule has 19 heavy (non-hydrogen) atoms. The highest BCUT2D eigenvalue weighted by molar-refractivity contribution is 6.30. The molecule has 0 bridgehead atoms. The van der Waals surface area contributed by atoms with Gasteiger partial charge in [-0.15, -0.1) is 0 Å². The summed E-state index contributed by atoms with van der Waals surface area (Å²) in [5, 5.41) is 4.54. The fraction of sp³-hybridized carbons (Fsp3) is 0.647. The van der Waals surface area contributed by atoms with E-state index in [4.69, 9.17) is 11.6 Å². The zero-order valence-electron chi connectivity index (χ0n) is 12.2. The molecule has 1 fully saturated rings. The van der Waals surface area contributed by atoms with E-state index < -0.39 is 0 Å². The second-order valence-electron chi connectivity index (χ2n) is 6.13. The SMILES string of the molecule is CCC(C)CC(CNC1CC1)Cc1cccc(Cl)c1. The van der Waals surface area contributed by atoms with Crippen LogP contribution in [0.2, 0.25) is 5.02 Å². The minimum atomic E-state index is 0.731. The van der Waals surface area contributed by atoms with Crippen molar-refractivity contribution in [3.05, 3.63) is 34.9 Å². The van der Waals surface area contributed by atoms with Crippen molar-refractivity contribution in [2.45, 2.75) is 52.0 Å². The fourth-order valence-electron chi connectivity index (χ4n) is 2.59. The van der Waals surface area contributed by atoms with Crippen molar-refractivity contribution in [3.63, 3.8) is 0 Å². The summed E-state index contributed by atoms with van der Waals surface area (Å²) in [6, 6.07) is 9.14. The molecule has 0 heterocycles. The van der Waals surface area contributed by atoms with Crippen molar-refractivity contribution in [3.8, 4) is 0 Å². The molecule has 0 aliphatic heterocycles. The van der Waals surface area contributed by atoms with E-state index in [1.165, 1.54) is 31.2 Å². The molecule has 1 nitrogen and oxygen atoms in total. The zero-order valence-corrected chi connectivity index (χ0v) is 12.9. The van der Waals surface area contributed by atoms with Crippen LogP contribution >= 0.6 is 11.6 Å². The quantitative estimate of drug-likeness (QED) is 0.728. The van der Waals surface area contributed by atoms with Crippen LogP contribution < -0.4 is 5.32 Å². The molecule has 2 unspecified atom stereocenters. The van der Waals surface area contributed by atoms with E-state index in [1.54, 1.807) is 0 Å². The van der Waals surface area contributed by atoms with Crippen molar-refractivity contribution in [2.75, 3.05) is 6.54 Å². The smallest absolute Gasteiger partial charge is 0.0408 e. The summed E-state index contributed by atoms with van der Waals surface area (Å²) in [7, 11) is 0. The lowest BCUT2D eigenvalue weighted by Crippen LogP contribution is -2.27. The van der Waals surface area contributed by atoms with Crippen LogP contribution in [0.5, 0.6) is 0 Å². The highest BCUT2D eigenvalue weighted by Gasteiger charge is 2.22. The minimum absolute atomic E-state index is 0.731. The van der Waals surface area contributed by atoms with Crippen molar-refractivity contribution >= 4 is 11.6 Å². The maximum Gasteiger partial charge on any atom is 0.0408 e. The number of hydrogen-bond acceptors (Lipinski definition) is 1. The Morgan fingerprint density at radius 1 is 1.37 bits per heavy atom. The summed E-state index contributed by atoms with van der Waals surface area (Å²) in [5.74, 6) is 1.54. The van der Waals surface area contributed by atoms with E-state index in [0.29, 0.717) is 0 Å². The molecule has 0 radical (unpaired) electrons. The van der Waals surface area contributed by atoms with Gasteiger partial charge in [-0.05, 0) is 61.8 Å². The Balaban J connectivity index is 1.90. The molecule has 2 rings (SSSR count). The molecule has 0 saturated heterocycles. The van der Waals surface area contributed by atoms with Gasteiger partial charge in [-0.2, -0.15) is 0 Å². The number of rotatable bonds is 8. The molecule has 1 saturated carbocycles. The average molecular weight is 280 g/mol. The molecule has 2 heteroatoms. The lowest BCUT2D eigenvalue weighted by Gasteiger charge is -2.21. The van der Waals surface area contributed by atoms with Crippen LogP contribution in [0.15, 0.2) is 24.3 Å². The monoisotopic (exact) mass is 279 g/mol. The van der Waals surface area contributed by atoms with Crippen molar-refractivity contribution in [1.82, 2.24) is 5.32 Å². The summed E-state index contributed by atoms with van der Waals surface area (Å²) in [4.78, 5) is 0.